The fraction of sp³-hybridized carbons (Fsp3) is 0.348. The smallest absolute Gasteiger partial charge is 0.261 e. The van der Waals surface area contributed by atoms with E-state index in [1.54, 1.807) is 24.3 Å². The number of hydrogen-bond donors (Lipinski definition) is 1. The number of carbonyl (C=O) groups is 3. The van der Waals surface area contributed by atoms with E-state index >= 15 is 0 Å². The highest BCUT2D eigenvalue weighted by molar-refractivity contribution is 6.21. The van der Waals surface area contributed by atoms with Gasteiger partial charge in [0.2, 0.25) is 5.91 Å². The zero-order chi connectivity index (χ0) is 20.9. The number of carbonyl (C=O) groups excluding carboxylic acids is 3. The van der Waals surface area contributed by atoms with Crippen LogP contribution in [0, 0.1) is 0 Å². The first kappa shape index (κ1) is 20.3. The van der Waals surface area contributed by atoms with Crippen molar-refractivity contribution >= 4 is 17.7 Å². The molecule has 1 saturated heterocycles. The standard InChI is InChI=1S/C23H25N3O4/c27-21(10-11-26-22(28)18-8-4-5-9-19(18)23(26)29)24-20(17-6-2-1-3-7-17)16-25-12-14-30-15-13-25/h1-9,20H,10-16H2,(H,24,27)/t20-/m0/s1. The quantitative estimate of drug-likeness (QED) is 0.709. The Morgan fingerprint density at radius 2 is 1.53 bits per heavy atom. The van der Waals surface area contributed by atoms with Crippen LogP contribution in [0.2, 0.25) is 0 Å². The molecular weight excluding hydrogens is 382 g/mol. The molecule has 2 aromatic rings. The SMILES string of the molecule is O=C(CCN1C(=O)c2ccccc2C1=O)N[C@@H](CN1CCOCC1)c1ccccc1. The van der Waals surface area contributed by atoms with E-state index in [2.05, 4.69) is 10.2 Å². The average molecular weight is 407 g/mol. The summed E-state index contributed by atoms with van der Waals surface area (Å²) in [5, 5.41) is 3.08. The van der Waals surface area contributed by atoms with Crippen LogP contribution < -0.4 is 5.32 Å². The van der Waals surface area contributed by atoms with E-state index in [9.17, 15) is 14.4 Å². The van der Waals surface area contributed by atoms with Crippen molar-refractivity contribution in [2.24, 2.45) is 0 Å². The lowest BCUT2D eigenvalue weighted by Crippen LogP contribution is -2.43. The van der Waals surface area contributed by atoms with Crippen LogP contribution in [0.3, 0.4) is 0 Å². The second-order valence-corrected chi connectivity index (χ2v) is 7.50. The molecule has 1 fully saturated rings. The summed E-state index contributed by atoms with van der Waals surface area (Å²) >= 11 is 0. The van der Waals surface area contributed by atoms with Gasteiger partial charge in [0, 0.05) is 32.6 Å². The Morgan fingerprint density at radius 1 is 0.933 bits per heavy atom. The first-order valence-corrected chi connectivity index (χ1v) is 10.2. The minimum absolute atomic E-state index is 0.0667. The van der Waals surface area contributed by atoms with Crippen molar-refractivity contribution < 1.29 is 19.1 Å². The molecule has 3 amide bonds. The van der Waals surface area contributed by atoms with Gasteiger partial charge in [0.25, 0.3) is 11.8 Å². The Bertz CT molecular complexity index is 890. The van der Waals surface area contributed by atoms with Crippen molar-refractivity contribution in [3.63, 3.8) is 0 Å². The second-order valence-electron chi connectivity index (χ2n) is 7.50. The Kier molecular flexibility index (Phi) is 6.21. The molecule has 2 aliphatic rings. The third kappa shape index (κ3) is 4.42. The van der Waals surface area contributed by atoms with Gasteiger partial charge in [-0.1, -0.05) is 42.5 Å². The van der Waals surface area contributed by atoms with Crippen LogP contribution in [-0.4, -0.2) is 66.9 Å². The van der Waals surface area contributed by atoms with Crippen LogP contribution >= 0.6 is 0 Å². The van der Waals surface area contributed by atoms with Gasteiger partial charge in [-0.2, -0.15) is 0 Å². The van der Waals surface area contributed by atoms with Gasteiger partial charge in [-0.05, 0) is 17.7 Å². The summed E-state index contributed by atoms with van der Waals surface area (Å²) < 4.78 is 5.41. The van der Waals surface area contributed by atoms with Crippen molar-refractivity contribution in [1.82, 2.24) is 15.1 Å². The van der Waals surface area contributed by atoms with Gasteiger partial charge in [-0.3, -0.25) is 24.2 Å². The number of fused-ring (bicyclic) bond motifs is 1. The van der Waals surface area contributed by atoms with E-state index in [1.165, 1.54) is 0 Å². The predicted octanol–water partition coefficient (Wildman–Crippen LogP) is 1.86. The number of benzene rings is 2. The van der Waals surface area contributed by atoms with E-state index in [0.29, 0.717) is 30.9 Å². The van der Waals surface area contributed by atoms with E-state index in [0.717, 1.165) is 23.6 Å². The fourth-order valence-electron chi connectivity index (χ4n) is 3.88. The first-order valence-electron chi connectivity index (χ1n) is 10.2. The zero-order valence-corrected chi connectivity index (χ0v) is 16.8. The maximum Gasteiger partial charge on any atom is 0.261 e. The normalized spacial score (nSPS) is 17.7. The number of amides is 3. The van der Waals surface area contributed by atoms with Crippen LogP contribution in [0.15, 0.2) is 54.6 Å². The Hall–Kier alpha value is -3.03. The monoisotopic (exact) mass is 407 g/mol. The number of nitrogens with zero attached hydrogens (tertiary/aromatic N) is 2. The van der Waals surface area contributed by atoms with E-state index in [-0.39, 0.29) is 36.7 Å². The third-order valence-corrected chi connectivity index (χ3v) is 5.52. The Labute approximate surface area is 175 Å². The molecule has 0 saturated carbocycles. The molecule has 1 N–H and O–H groups in total. The summed E-state index contributed by atoms with van der Waals surface area (Å²) in [5.74, 6) is -0.860. The van der Waals surface area contributed by atoms with Gasteiger partial charge in [0.1, 0.15) is 0 Å². The molecule has 0 radical (unpaired) electrons. The molecule has 30 heavy (non-hydrogen) atoms. The molecule has 0 aliphatic carbocycles. The van der Waals surface area contributed by atoms with Crippen LogP contribution in [0.4, 0.5) is 0 Å². The fourth-order valence-corrected chi connectivity index (χ4v) is 3.88. The number of imide groups is 1. The largest absolute Gasteiger partial charge is 0.379 e. The molecule has 2 heterocycles. The topological polar surface area (TPSA) is 79.0 Å². The third-order valence-electron chi connectivity index (χ3n) is 5.52. The number of hydrogen-bond acceptors (Lipinski definition) is 5. The van der Waals surface area contributed by atoms with E-state index in [4.69, 9.17) is 4.74 Å². The van der Waals surface area contributed by atoms with Gasteiger partial charge in [0.15, 0.2) is 0 Å². The molecule has 156 valence electrons. The van der Waals surface area contributed by atoms with E-state index < -0.39 is 0 Å². The van der Waals surface area contributed by atoms with Crippen LogP contribution in [-0.2, 0) is 9.53 Å². The van der Waals surface area contributed by atoms with Crippen molar-refractivity contribution in [2.45, 2.75) is 12.5 Å². The molecule has 0 bridgehead atoms. The summed E-state index contributed by atoms with van der Waals surface area (Å²) in [6.45, 7) is 3.79. The van der Waals surface area contributed by atoms with Gasteiger partial charge in [-0.15, -0.1) is 0 Å². The molecular formula is C23H25N3O4. The molecule has 7 nitrogen and oxygen atoms in total. The van der Waals surface area contributed by atoms with E-state index in [1.807, 2.05) is 30.3 Å². The van der Waals surface area contributed by atoms with Gasteiger partial charge < -0.3 is 10.1 Å². The molecule has 4 rings (SSSR count). The second kappa shape index (κ2) is 9.19. The molecule has 7 heteroatoms. The molecule has 2 aromatic carbocycles. The van der Waals surface area contributed by atoms with Crippen molar-refractivity contribution in [1.29, 1.82) is 0 Å². The van der Waals surface area contributed by atoms with Gasteiger partial charge in [-0.25, -0.2) is 0 Å². The lowest BCUT2D eigenvalue weighted by atomic mass is 10.1. The maximum absolute atomic E-state index is 12.7. The van der Waals surface area contributed by atoms with Crippen LogP contribution in [0.25, 0.3) is 0 Å². The summed E-state index contributed by atoms with van der Waals surface area (Å²) in [5.41, 5.74) is 1.83. The highest BCUT2D eigenvalue weighted by Crippen LogP contribution is 2.22. The molecule has 1 atom stereocenters. The first-order chi connectivity index (χ1) is 14.6. The minimum atomic E-state index is -0.337. The van der Waals surface area contributed by atoms with Crippen LogP contribution in [0.5, 0.6) is 0 Å². The summed E-state index contributed by atoms with van der Waals surface area (Å²) in [6, 6.07) is 16.4. The Balaban J connectivity index is 1.38. The summed E-state index contributed by atoms with van der Waals surface area (Å²) in [6.07, 6.45) is 0.0674. The minimum Gasteiger partial charge on any atom is -0.379 e. The number of morpholine rings is 1. The number of rotatable bonds is 7. The zero-order valence-electron chi connectivity index (χ0n) is 16.8. The highest BCUT2D eigenvalue weighted by Gasteiger charge is 2.35. The van der Waals surface area contributed by atoms with Gasteiger partial charge >= 0.3 is 0 Å². The predicted molar refractivity (Wildman–Crippen MR) is 111 cm³/mol. The molecule has 0 unspecified atom stereocenters. The van der Waals surface area contributed by atoms with Crippen molar-refractivity contribution in [3.05, 3.63) is 71.3 Å². The number of ether oxygens (including phenoxy) is 1. The molecule has 0 spiro atoms. The van der Waals surface area contributed by atoms with Crippen molar-refractivity contribution in [3.8, 4) is 0 Å². The Morgan fingerprint density at radius 3 is 2.17 bits per heavy atom. The average Bonchev–Trinajstić information content (AvgIpc) is 3.03. The van der Waals surface area contributed by atoms with Crippen molar-refractivity contribution in [2.75, 3.05) is 39.4 Å². The summed E-state index contributed by atoms with van der Waals surface area (Å²) in [7, 11) is 0. The number of nitrogens with one attached hydrogen (secondary N) is 1. The lowest BCUT2D eigenvalue weighted by Gasteiger charge is -2.31. The highest BCUT2D eigenvalue weighted by atomic mass is 16.5. The molecule has 0 aromatic heterocycles. The molecule has 2 aliphatic heterocycles. The lowest BCUT2D eigenvalue weighted by molar-refractivity contribution is -0.122. The summed E-state index contributed by atoms with van der Waals surface area (Å²) in [4.78, 5) is 41.1. The maximum atomic E-state index is 12.7. The van der Waals surface area contributed by atoms with Gasteiger partial charge in [0.05, 0.1) is 30.4 Å². The van der Waals surface area contributed by atoms with Crippen LogP contribution in [0.1, 0.15) is 38.7 Å².